The highest BCUT2D eigenvalue weighted by molar-refractivity contribution is 5.78. The van der Waals surface area contributed by atoms with Crippen LogP contribution in [0.3, 0.4) is 0 Å². The summed E-state index contributed by atoms with van der Waals surface area (Å²) in [7, 11) is 1.69. The average Bonchev–Trinajstić information content (AvgIpc) is 2.30. The molecule has 3 N–H and O–H groups in total. The lowest BCUT2D eigenvalue weighted by molar-refractivity contribution is -0.131. The van der Waals surface area contributed by atoms with Crippen molar-refractivity contribution in [2.45, 2.75) is 19.4 Å². The Morgan fingerprint density at radius 1 is 1.44 bits per heavy atom. The van der Waals surface area contributed by atoms with Gasteiger partial charge in [0.1, 0.15) is 0 Å². The highest BCUT2D eigenvalue weighted by atomic mass is 16.3. The number of anilines is 1. The first-order chi connectivity index (χ1) is 7.54. The molecule has 1 atom stereocenters. The number of nitrogens with zero attached hydrogens (tertiary/aromatic N) is 1. The van der Waals surface area contributed by atoms with Gasteiger partial charge in [0.15, 0.2) is 0 Å². The van der Waals surface area contributed by atoms with E-state index >= 15 is 0 Å². The summed E-state index contributed by atoms with van der Waals surface area (Å²) in [4.78, 5) is 13.3. The lowest BCUT2D eigenvalue weighted by atomic mass is 10.1. The van der Waals surface area contributed by atoms with E-state index in [-0.39, 0.29) is 18.6 Å². The summed E-state index contributed by atoms with van der Waals surface area (Å²) < 4.78 is 0. The van der Waals surface area contributed by atoms with Crippen LogP contribution in [0.15, 0.2) is 24.3 Å². The van der Waals surface area contributed by atoms with Gasteiger partial charge in [-0.05, 0) is 24.6 Å². The normalized spacial score (nSPS) is 12.2. The van der Waals surface area contributed by atoms with Gasteiger partial charge in [-0.1, -0.05) is 12.1 Å². The Kier molecular flexibility index (Phi) is 4.31. The van der Waals surface area contributed by atoms with Crippen LogP contribution in [0.4, 0.5) is 5.69 Å². The van der Waals surface area contributed by atoms with Crippen LogP contribution in [0.2, 0.25) is 0 Å². The Bertz CT molecular complexity index is 349. The van der Waals surface area contributed by atoms with Crippen molar-refractivity contribution in [3.8, 4) is 0 Å². The summed E-state index contributed by atoms with van der Waals surface area (Å²) >= 11 is 0. The number of aliphatic hydroxyl groups is 1. The van der Waals surface area contributed by atoms with Crippen LogP contribution in [0.25, 0.3) is 0 Å². The fourth-order valence-electron chi connectivity index (χ4n) is 1.30. The van der Waals surface area contributed by atoms with Crippen molar-refractivity contribution < 1.29 is 9.90 Å². The third-order valence-electron chi connectivity index (χ3n) is 2.65. The molecule has 0 saturated carbocycles. The second kappa shape index (κ2) is 5.51. The Hall–Kier alpha value is -1.55. The number of likely N-dealkylation sites (N-methyl/N-ethyl adjacent to an activating group) is 1. The molecule has 88 valence electrons. The standard InChI is InChI=1S/C12H18N2O2/c1-9(8-15)14(2)12(16)7-10-3-5-11(13)6-4-10/h3-6,9,15H,7-8,13H2,1-2H3. The van der Waals surface area contributed by atoms with Crippen molar-refractivity contribution in [1.82, 2.24) is 4.90 Å². The minimum absolute atomic E-state index is 0.00804. The first-order valence-electron chi connectivity index (χ1n) is 5.25. The number of carbonyl (C=O) groups is 1. The fourth-order valence-corrected chi connectivity index (χ4v) is 1.30. The van der Waals surface area contributed by atoms with Crippen LogP contribution in [0, 0.1) is 0 Å². The fraction of sp³-hybridized carbons (Fsp3) is 0.417. The molecule has 0 fully saturated rings. The molecule has 4 heteroatoms. The number of nitrogens with two attached hydrogens (primary N) is 1. The number of benzene rings is 1. The molecule has 0 saturated heterocycles. The van der Waals surface area contributed by atoms with Gasteiger partial charge in [-0.15, -0.1) is 0 Å². The summed E-state index contributed by atoms with van der Waals surface area (Å²) in [5, 5.41) is 8.95. The highest BCUT2D eigenvalue weighted by Crippen LogP contribution is 2.08. The van der Waals surface area contributed by atoms with Crippen molar-refractivity contribution in [2.75, 3.05) is 19.4 Å². The zero-order chi connectivity index (χ0) is 12.1. The monoisotopic (exact) mass is 222 g/mol. The maximum absolute atomic E-state index is 11.8. The molecule has 1 rings (SSSR count). The van der Waals surface area contributed by atoms with E-state index in [0.717, 1.165) is 5.56 Å². The van der Waals surface area contributed by atoms with E-state index in [1.165, 1.54) is 0 Å². The van der Waals surface area contributed by atoms with Crippen molar-refractivity contribution in [3.63, 3.8) is 0 Å². The minimum atomic E-state index is -0.152. The molecule has 16 heavy (non-hydrogen) atoms. The molecule has 1 aromatic rings. The number of amides is 1. The van der Waals surface area contributed by atoms with Gasteiger partial charge in [-0.2, -0.15) is 0 Å². The third kappa shape index (κ3) is 3.24. The van der Waals surface area contributed by atoms with E-state index in [0.29, 0.717) is 12.1 Å². The lowest BCUT2D eigenvalue weighted by Crippen LogP contribution is -2.38. The Morgan fingerprint density at radius 2 is 2.00 bits per heavy atom. The summed E-state index contributed by atoms with van der Waals surface area (Å²) in [5.74, 6) is -0.00804. The average molecular weight is 222 g/mol. The van der Waals surface area contributed by atoms with Crippen LogP contribution in [0.5, 0.6) is 0 Å². The molecule has 0 bridgehead atoms. The van der Waals surface area contributed by atoms with Gasteiger partial charge < -0.3 is 15.7 Å². The first-order valence-corrected chi connectivity index (χ1v) is 5.25. The number of carbonyl (C=O) groups excluding carboxylic acids is 1. The van der Waals surface area contributed by atoms with Crippen molar-refractivity contribution in [3.05, 3.63) is 29.8 Å². The lowest BCUT2D eigenvalue weighted by Gasteiger charge is -2.23. The number of hydrogen-bond donors (Lipinski definition) is 2. The van der Waals surface area contributed by atoms with Crippen molar-refractivity contribution >= 4 is 11.6 Å². The van der Waals surface area contributed by atoms with E-state index in [4.69, 9.17) is 10.8 Å². The number of rotatable bonds is 4. The van der Waals surface area contributed by atoms with E-state index in [2.05, 4.69) is 0 Å². The van der Waals surface area contributed by atoms with Crippen LogP contribution in [0.1, 0.15) is 12.5 Å². The zero-order valence-corrected chi connectivity index (χ0v) is 9.68. The van der Waals surface area contributed by atoms with Gasteiger partial charge in [-0.25, -0.2) is 0 Å². The molecule has 1 aromatic carbocycles. The summed E-state index contributed by atoms with van der Waals surface area (Å²) in [6.07, 6.45) is 0.334. The zero-order valence-electron chi connectivity index (χ0n) is 9.68. The van der Waals surface area contributed by atoms with Gasteiger partial charge in [0, 0.05) is 12.7 Å². The molecule has 0 aliphatic carbocycles. The van der Waals surface area contributed by atoms with Crippen LogP contribution in [-0.4, -0.2) is 35.6 Å². The largest absolute Gasteiger partial charge is 0.399 e. The van der Waals surface area contributed by atoms with Gasteiger partial charge >= 0.3 is 0 Å². The Labute approximate surface area is 95.7 Å². The minimum Gasteiger partial charge on any atom is -0.399 e. The molecule has 0 heterocycles. The summed E-state index contributed by atoms with van der Waals surface area (Å²) in [6.45, 7) is 1.78. The molecule has 0 aromatic heterocycles. The predicted octanol–water partition coefficient (Wildman–Crippen LogP) is 0.650. The van der Waals surface area contributed by atoms with Crippen molar-refractivity contribution in [2.24, 2.45) is 0 Å². The molecule has 0 spiro atoms. The molecule has 0 aliphatic heterocycles. The number of hydrogen-bond acceptors (Lipinski definition) is 3. The summed E-state index contributed by atoms with van der Waals surface area (Å²) in [5.41, 5.74) is 7.17. The molecular formula is C12H18N2O2. The molecular weight excluding hydrogens is 204 g/mol. The smallest absolute Gasteiger partial charge is 0.227 e. The first kappa shape index (κ1) is 12.5. The number of aliphatic hydroxyl groups excluding tert-OH is 1. The topological polar surface area (TPSA) is 66.6 Å². The third-order valence-corrected chi connectivity index (χ3v) is 2.65. The second-order valence-corrected chi connectivity index (χ2v) is 3.95. The Balaban J connectivity index is 2.60. The summed E-state index contributed by atoms with van der Waals surface area (Å²) in [6, 6.07) is 7.08. The van der Waals surface area contributed by atoms with Gasteiger partial charge in [-0.3, -0.25) is 4.79 Å². The maximum Gasteiger partial charge on any atom is 0.227 e. The van der Waals surface area contributed by atoms with Gasteiger partial charge in [0.25, 0.3) is 0 Å². The van der Waals surface area contributed by atoms with Crippen LogP contribution < -0.4 is 5.73 Å². The molecule has 4 nitrogen and oxygen atoms in total. The van der Waals surface area contributed by atoms with E-state index in [1.54, 1.807) is 31.0 Å². The SMILES string of the molecule is CC(CO)N(C)C(=O)Cc1ccc(N)cc1. The quantitative estimate of drug-likeness (QED) is 0.735. The predicted molar refractivity (Wildman–Crippen MR) is 63.9 cm³/mol. The highest BCUT2D eigenvalue weighted by Gasteiger charge is 2.14. The number of nitrogen functional groups attached to an aromatic ring is 1. The molecule has 0 radical (unpaired) electrons. The van der Waals surface area contributed by atoms with Gasteiger partial charge in [0.05, 0.1) is 19.1 Å². The second-order valence-electron chi connectivity index (χ2n) is 3.95. The van der Waals surface area contributed by atoms with E-state index < -0.39 is 0 Å². The van der Waals surface area contributed by atoms with E-state index in [9.17, 15) is 4.79 Å². The van der Waals surface area contributed by atoms with E-state index in [1.807, 2.05) is 12.1 Å². The molecule has 1 amide bonds. The molecule has 0 aliphatic rings. The maximum atomic E-state index is 11.8. The van der Waals surface area contributed by atoms with Crippen molar-refractivity contribution in [1.29, 1.82) is 0 Å². The Morgan fingerprint density at radius 3 is 2.50 bits per heavy atom. The molecule has 1 unspecified atom stereocenters. The van der Waals surface area contributed by atoms with Crippen LogP contribution in [-0.2, 0) is 11.2 Å². The van der Waals surface area contributed by atoms with Gasteiger partial charge in [0.2, 0.25) is 5.91 Å². The van der Waals surface area contributed by atoms with Crippen LogP contribution >= 0.6 is 0 Å².